The number of allylic oxidation sites excluding steroid dienone is 1. The highest BCUT2D eigenvalue weighted by Crippen LogP contribution is 2.38. The molecule has 5 nitrogen and oxygen atoms in total. The molecule has 1 aromatic heterocycles. The normalized spacial score (nSPS) is 11.4. The van der Waals surface area contributed by atoms with Crippen molar-refractivity contribution in [3.63, 3.8) is 0 Å². The van der Waals surface area contributed by atoms with Gasteiger partial charge >= 0.3 is 0 Å². The van der Waals surface area contributed by atoms with Gasteiger partial charge in [0.05, 0.1) is 34.3 Å². The van der Waals surface area contributed by atoms with E-state index in [9.17, 15) is 5.26 Å². The average molecular weight is 426 g/mol. The second-order valence-electron chi connectivity index (χ2n) is 5.88. The Bertz CT molecular complexity index is 985. The maximum atomic E-state index is 9.63. The number of rotatable bonds is 7. The van der Waals surface area contributed by atoms with Crippen molar-refractivity contribution < 1.29 is 9.47 Å². The Hall–Kier alpha value is -2.78. The quantitative estimate of drug-likeness (QED) is 0.501. The van der Waals surface area contributed by atoms with Crippen LogP contribution in [0.3, 0.4) is 0 Å². The monoisotopic (exact) mass is 425 g/mol. The molecule has 0 fully saturated rings. The van der Waals surface area contributed by atoms with Crippen molar-refractivity contribution in [2.45, 2.75) is 20.3 Å². The highest BCUT2D eigenvalue weighted by Gasteiger charge is 2.13. The third kappa shape index (κ3) is 4.32. The lowest BCUT2D eigenvalue weighted by Gasteiger charge is -2.14. The van der Waals surface area contributed by atoms with Gasteiger partial charge in [-0.1, -0.05) is 19.1 Å². The van der Waals surface area contributed by atoms with Gasteiger partial charge < -0.3 is 14.5 Å². The van der Waals surface area contributed by atoms with Gasteiger partial charge in [0.25, 0.3) is 0 Å². The number of hydrogen-bond donors (Lipinski definition) is 1. The van der Waals surface area contributed by atoms with Crippen LogP contribution in [0.4, 0.5) is 0 Å². The molecule has 3 aromatic rings. The van der Waals surface area contributed by atoms with Gasteiger partial charge in [0.15, 0.2) is 11.5 Å². The second-order valence-corrected chi connectivity index (χ2v) is 6.74. The molecule has 0 amide bonds. The fraction of sp³-hybridized carbons (Fsp3) is 0.238. The van der Waals surface area contributed by atoms with Crippen molar-refractivity contribution in [3.05, 3.63) is 52.3 Å². The van der Waals surface area contributed by atoms with Crippen LogP contribution in [-0.4, -0.2) is 23.2 Å². The summed E-state index contributed by atoms with van der Waals surface area (Å²) in [4.78, 5) is 7.70. The lowest BCUT2D eigenvalue weighted by Crippen LogP contribution is -2.01. The van der Waals surface area contributed by atoms with Crippen LogP contribution in [0.25, 0.3) is 22.7 Å². The summed E-state index contributed by atoms with van der Waals surface area (Å²) < 4.78 is 12.3. The molecule has 138 valence electrons. The number of aromatic nitrogens is 2. The number of imidazole rings is 1. The van der Waals surface area contributed by atoms with E-state index in [1.54, 1.807) is 6.08 Å². The molecule has 27 heavy (non-hydrogen) atoms. The molecule has 0 bridgehead atoms. The third-order valence-electron chi connectivity index (χ3n) is 3.86. The molecule has 1 N–H and O–H groups in total. The van der Waals surface area contributed by atoms with Gasteiger partial charge in [-0.2, -0.15) is 5.26 Å². The Kier molecular flexibility index (Phi) is 6.15. The zero-order valence-corrected chi connectivity index (χ0v) is 16.8. The minimum atomic E-state index is 0.447. The van der Waals surface area contributed by atoms with Gasteiger partial charge in [-0.05, 0) is 65.2 Å². The predicted molar refractivity (Wildman–Crippen MR) is 111 cm³/mol. The lowest BCUT2D eigenvalue weighted by atomic mass is 10.1. The molecule has 0 spiro atoms. The Labute approximate surface area is 166 Å². The summed E-state index contributed by atoms with van der Waals surface area (Å²) in [6, 6.07) is 13.7. The Morgan fingerprint density at radius 2 is 2.07 bits per heavy atom. The summed E-state index contributed by atoms with van der Waals surface area (Å²) in [6.45, 7) is 5.11. The van der Waals surface area contributed by atoms with E-state index in [-0.39, 0.29) is 0 Å². The van der Waals surface area contributed by atoms with Gasteiger partial charge in [-0.25, -0.2) is 4.98 Å². The molecule has 1 heterocycles. The van der Waals surface area contributed by atoms with Gasteiger partial charge in [-0.3, -0.25) is 0 Å². The number of nitrogens with one attached hydrogen (secondary N) is 1. The Balaban J connectivity index is 2.01. The number of nitrogens with zero attached hydrogens (tertiary/aromatic N) is 2. The molecule has 0 saturated heterocycles. The number of nitriles is 1. The van der Waals surface area contributed by atoms with Crippen molar-refractivity contribution in [2.75, 3.05) is 13.2 Å². The Morgan fingerprint density at radius 3 is 2.78 bits per heavy atom. The van der Waals surface area contributed by atoms with Crippen molar-refractivity contribution in [1.82, 2.24) is 9.97 Å². The van der Waals surface area contributed by atoms with Crippen molar-refractivity contribution >= 4 is 38.6 Å². The number of fused-ring (bicyclic) bond motifs is 1. The summed E-state index contributed by atoms with van der Waals surface area (Å²) >= 11 is 3.55. The van der Waals surface area contributed by atoms with E-state index in [2.05, 4.69) is 38.9 Å². The summed E-state index contributed by atoms with van der Waals surface area (Å²) in [5, 5.41) is 9.63. The predicted octanol–water partition coefficient (Wildman–Crippen LogP) is 5.58. The second kappa shape index (κ2) is 8.74. The van der Waals surface area contributed by atoms with E-state index in [4.69, 9.17) is 9.47 Å². The Morgan fingerprint density at radius 1 is 1.26 bits per heavy atom. The molecule has 0 unspecified atom stereocenters. The van der Waals surface area contributed by atoms with Crippen LogP contribution in [0.2, 0.25) is 0 Å². The smallest absolute Gasteiger partial charge is 0.175 e. The number of halogens is 1. The zero-order chi connectivity index (χ0) is 19.2. The largest absolute Gasteiger partial charge is 0.490 e. The van der Waals surface area contributed by atoms with Gasteiger partial charge in [-0.15, -0.1) is 0 Å². The summed E-state index contributed by atoms with van der Waals surface area (Å²) in [7, 11) is 0. The molecule has 0 atom stereocenters. The number of hydrogen-bond acceptors (Lipinski definition) is 4. The molecule has 0 aliphatic rings. The van der Waals surface area contributed by atoms with E-state index >= 15 is 0 Å². The average Bonchev–Trinajstić information content (AvgIpc) is 3.09. The first-order valence-corrected chi connectivity index (χ1v) is 9.61. The van der Waals surface area contributed by atoms with E-state index < -0.39 is 0 Å². The molecule has 2 aromatic carbocycles. The number of H-pyrrole nitrogens is 1. The minimum absolute atomic E-state index is 0.447. The summed E-state index contributed by atoms with van der Waals surface area (Å²) in [5.74, 6) is 1.87. The van der Waals surface area contributed by atoms with Crippen LogP contribution in [-0.2, 0) is 0 Å². The fourth-order valence-electron chi connectivity index (χ4n) is 2.68. The van der Waals surface area contributed by atoms with Crippen LogP contribution in [0.1, 0.15) is 31.7 Å². The van der Waals surface area contributed by atoms with E-state index in [0.717, 1.165) is 27.5 Å². The van der Waals surface area contributed by atoms with Crippen molar-refractivity contribution in [1.29, 1.82) is 5.26 Å². The molecule has 0 radical (unpaired) electrons. The van der Waals surface area contributed by atoms with Gasteiger partial charge in [0.1, 0.15) is 11.9 Å². The van der Waals surface area contributed by atoms with E-state index in [0.29, 0.717) is 36.1 Å². The standard InChI is InChI=1S/C21H20BrN3O2/c1-3-9-27-20-16(22)11-14(12-19(20)26-4-2)10-15(13-23)21-24-17-7-5-6-8-18(17)25-21/h5-8,10-12H,3-4,9H2,1-2H3,(H,24,25)/b15-10-. The van der Waals surface area contributed by atoms with Crippen LogP contribution < -0.4 is 9.47 Å². The molecule has 0 aliphatic heterocycles. The zero-order valence-electron chi connectivity index (χ0n) is 15.3. The van der Waals surface area contributed by atoms with Gasteiger partial charge in [0, 0.05) is 0 Å². The van der Waals surface area contributed by atoms with Crippen molar-refractivity contribution in [3.8, 4) is 17.6 Å². The number of para-hydroxylation sites is 2. The molecular formula is C21H20BrN3O2. The van der Waals surface area contributed by atoms with Crippen LogP contribution in [0.15, 0.2) is 40.9 Å². The first kappa shape index (κ1) is 19.0. The molecule has 6 heteroatoms. The van der Waals surface area contributed by atoms with E-state index in [1.165, 1.54) is 0 Å². The highest BCUT2D eigenvalue weighted by molar-refractivity contribution is 9.10. The van der Waals surface area contributed by atoms with Crippen molar-refractivity contribution in [2.24, 2.45) is 0 Å². The maximum absolute atomic E-state index is 9.63. The molecule has 0 aliphatic carbocycles. The lowest BCUT2D eigenvalue weighted by molar-refractivity contribution is 0.275. The van der Waals surface area contributed by atoms with Crippen LogP contribution >= 0.6 is 15.9 Å². The topological polar surface area (TPSA) is 70.9 Å². The SMILES string of the molecule is CCCOc1c(Br)cc(/C=C(/C#N)c2nc3ccccc3[nH]2)cc1OCC. The third-order valence-corrected chi connectivity index (χ3v) is 4.45. The van der Waals surface area contributed by atoms with Gasteiger partial charge in [0.2, 0.25) is 0 Å². The highest BCUT2D eigenvalue weighted by atomic mass is 79.9. The first-order chi connectivity index (χ1) is 13.2. The number of aromatic amines is 1. The van der Waals surface area contributed by atoms with E-state index in [1.807, 2.05) is 43.3 Å². The number of ether oxygens (including phenoxy) is 2. The van der Waals surface area contributed by atoms with Crippen LogP contribution in [0.5, 0.6) is 11.5 Å². The summed E-state index contributed by atoms with van der Waals surface area (Å²) in [6.07, 6.45) is 2.69. The van der Waals surface area contributed by atoms with Crippen LogP contribution in [0, 0.1) is 11.3 Å². The molecule has 3 rings (SSSR count). The number of benzene rings is 2. The summed E-state index contributed by atoms with van der Waals surface area (Å²) in [5.41, 5.74) is 3.00. The molecular weight excluding hydrogens is 406 g/mol. The minimum Gasteiger partial charge on any atom is -0.490 e. The first-order valence-electron chi connectivity index (χ1n) is 8.82. The molecule has 0 saturated carbocycles. The fourth-order valence-corrected chi connectivity index (χ4v) is 3.25. The maximum Gasteiger partial charge on any atom is 0.175 e.